The van der Waals surface area contributed by atoms with Crippen molar-refractivity contribution < 1.29 is 4.79 Å². The van der Waals surface area contributed by atoms with Gasteiger partial charge in [-0.1, -0.05) is 49.4 Å². The number of rotatable bonds is 4. The van der Waals surface area contributed by atoms with Gasteiger partial charge in [0.1, 0.15) is 5.38 Å². The van der Waals surface area contributed by atoms with Crippen molar-refractivity contribution >= 4 is 23.2 Å². The number of carbonyl (C=O) groups excluding carboxylic acids is 1. The second kappa shape index (κ2) is 6.39. The van der Waals surface area contributed by atoms with Gasteiger partial charge in [-0.3, -0.25) is 4.79 Å². The number of hydrogen-bond donors (Lipinski definition) is 1. The molecule has 2 nitrogen and oxygen atoms in total. The maximum absolute atomic E-state index is 12.0. The summed E-state index contributed by atoms with van der Waals surface area (Å²) < 4.78 is 0. The summed E-state index contributed by atoms with van der Waals surface area (Å²) in [5, 5.41) is 2.15. The molecule has 0 saturated carbocycles. The molecular formula is C16H16ClNO. The second-order valence-corrected chi connectivity index (χ2v) is 4.75. The van der Waals surface area contributed by atoms with E-state index in [1.807, 2.05) is 54.6 Å². The molecule has 0 aliphatic carbocycles. The minimum atomic E-state index is -0.674. The molecule has 0 aromatic heterocycles. The number of aryl methyl sites for hydroxylation is 1. The maximum atomic E-state index is 12.0. The van der Waals surface area contributed by atoms with Crippen molar-refractivity contribution in [3.8, 4) is 0 Å². The largest absolute Gasteiger partial charge is 0.325 e. The van der Waals surface area contributed by atoms with Crippen LogP contribution in [0.5, 0.6) is 0 Å². The van der Waals surface area contributed by atoms with Crippen molar-refractivity contribution in [3.05, 3.63) is 65.7 Å². The van der Waals surface area contributed by atoms with Crippen LogP contribution in [0.1, 0.15) is 23.4 Å². The topological polar surface area (TPSA) is 29.1 Å². The first-order valence-corrected chi connectivity index (χ1v) is 6.73. The molecule has 0 aliphatic heterocycles. The van der Waals surface area contributed by atoms with Crippen LogP contribution in [0, 0.1) is 0 Å². The summed E-state index contributed by atoms with van der Waals surface area (Å²) in [6.45, 7) is 2.10. The van der Waals surface area contributed by atoms with E-state index in [4.69, 9.17) is 11.6 Å². The summed E-state index contributed by atoms with van der Waals surface area (Å²) in [6, 6.07) is 17.1. The Hall–Kier alpha value is -1.80. The van der Waals surface area contributed by atoms with Gasteiger partial charge in [-0.15, -0.1) is 11.6 Å². The molecule has 1 N–H and O–H groups in total. The quantitative estimate of drug-likeness (QED) is 0.833. The van der Waals surface area contributed by atoms with E-state index in [-0.39, 0.29) is 5.91 Å². The molecule has 0 saturated heterocycles. The average Bonchev–Trinajstić information content (AvgIpc) is 2.48. The van der Waals surface area contributed by atoms with Gasteiger partial charge in [0.25, 0.3) is 0 Å². The molecule has 3 heteroatoms. The van der Waals surface area contributed by atoms with Gasteiger partial charge in [0.2, 0.25) is 5.91 Å². The highest BCUT2D eigenvalue weighted by Crippen LogP contribution is 2.22. The Morgan fingerprint density at radius 3 is 2.32 bits per heavy atom. The van der Waals surface area contributed by atoms with Gasteiger partial charge in [-0.05, 0) is 29.7 Å². The third kappa shape index (κ3) is 3.58. The van der Waals surface area contributed by atoms with Crippen molar-refractivity contribution in [3.63, 3.8) is 0 Å². The molecule has 0 spiro atoms. The fourth-order valence-corrected chi connectivity index (χ4v) is 2.00. The molecule has 19 heavy (non-hydrogen) atoms. The zero-order valence-corrected chi connectivity index (χ0v) is 11.5. The van der Waals surface area contributed by atoms with Crippen LogP contribution in [0.15, 0.2) is 54.6 Å². The lowest BCUT2D eigenvalue weighted by Gasteiger charge is -2.11. The minimum Gasteiger partial charge on any atom is -0.325 e. The third-order valence-electron chi connectivity index (χ3n) is 2.95. The molecule has 0 heterocycles. The van der Waals surface area contributed by atoms with Crippen molar-refractivity contribution in [1.29, 1.82) is 0 Å². The molecule has 2 rings (SSSR count). The summed E-state index contributed by atoms with van der Waals surface area (Å²) in [5.41, 5.74) is 2.80. The van der Waals surface area contributed by atoms with E-state index in [9.17, 15) is 4.79 Å². The summed E-state index contributed by atoms with van der Waals surface area (Å²) in [7, 11) is 0. The number of amides is 1. The van der Waals surface area contributed by atoms with Crippen molar-refractivity contribution in [2.24, 2.45) is 0 Å². The van der Waals surface area contributed by atoms with E-state index in [0.29, 0.717) is 0 Å². The smallest absolute Gasteiger partial charge is 0.246 e. The Kier molecular flexibility index (Phi) is 4.58. The Bertz CT molecular complexity index is 536. The van der Waals surface area contributed by atoms with E-state index in [1.54, 1.807) is 0 Å². The van der Waals surface area contributed by atoms with Crippen LogP contribution in [0.4, 0.5) is 5.69 Å². The van der Waals surface area contributed by atoms with Gasteiger partial charge < -0.3 is 5.32 Å². The highest BCUT2D eigenvalue weighted by atomic mass is 35.5. The number of nitrogens with one attached hydrogen (secondary N) is 1. The summed E-state index contributed by atoms with van der Waals surface area (Å²) in [6.07, 6.45) is 0.983. The lowest BCUT2D eigenvalue weighted by molar-refractivity contribution is -0.116. The normalized spacial score (nSPS) is 11.9. The van der Waals surface area contributed by atoms with Crippen LogP contribution in [0.2, 0.25) is 0 Å². The van der Waals surface area contributed by atoms with E-state index in [0.717, 1.165) is 17.7 Å². The summed E-state index contributed by atoms with van der Waals surface area (Å²) in [4.78, 5) is 12.0. The van der Waals surface area contributed by atoms with Gasteiger partial charge in [-0.25, -0.2) is 0 Å². The zero-order valence-electron chi connectivity index (χ0n) is 10.8. The van der Waals surface area contributed by atoms with Gasteiger partial charge in [0.05, 0.1) is 0 Å². The van der Waals surface area contributed by atoms with Crippen molar-refractivity contribution in [2.75, 3.05) is 5.32 Å². The van der Waals surface area contributed by atoms with Gasteiger partial charge >= 0.3 is 0 Å². The zero-order chi connectivity index (χ0) is 13.7. The molecular weight excluding hydrogens is 258 g/mol. The summed E-state index contributed by atoms with van der Waals surface area (Å²) in [5.74, 6) is -0.211. The number of halogens is 1. The highest BCUT2D eigenvalue weighted by molar-refractivity contribution is 6.32. The molecule has 98 valence electrons. The van der Waals surface area contributed by atoms with Gasteiger partial charge in [-0.2, -0.15) is 0 Å². The van der Waals surface area contributed by atoms with Crippen LogP contribution in [-0.2, 0) is 11.2 Å². The van der Waals surface area contributed by atoms with E-state index < -0.39 is 5.38 Å². The number of alkyl halides is 1. The van der Waals surface area contributed by atoms with Gasteiger partial charge in [0.15, 0.2) is 0 Å². The Morgan fingerprint density at radius 2 is 1.74 bits per heavy atom. The van der Waals surface area contributed by atoms with Crippen molar-refractivity contribution in [1.82, 2.24) is 0 Å². The SMILES string of the molecule is CCc1ccc(NC(=O)C(Cl)c2ccccc2)cc1. The molecule has 2 aromatic carbocycles. The second-order valence-electron chi connectivity index (χ2n) is 4.31. The first-order chi connectivity index (χ1) is 9.20. The first kappa shape index (κ1) is 13.6. The Morgan fingerprint density at radius 1 is 1.11 bits per heavy atom. The molecule has 1 unspecified atom stereocenters. The molecule has 0 aliphatic rings. The molecule has 1 atom stereocenters. The highest BCUT2D eigenvalue weighted by Gasteiger charge is 2.17. The predicted molar refractivity (Wildman–Crippen MR) is 79.5 cm³/mol. The van der Waals surface area contributed by atoms with Crippen molar-refractivity contribution in [2.45, 2.75) is 18.7 Å². The minimum absolute atomic E-state index is 0.211. The number of benzene rings is 2. The predicted octanol–water partition coefficient (Wildman–Crippen LogP) is 4.17. The van der Waals surface area contributed by atoms with Crippen LogP contribution >= 0.6 is 11.6 Å². The van der Waals surface area contributed by atoms with E-state index in [1.165, 1.54) is 5.56 Å². The monoisotopic (exact) mass is 273 g/mol. The first-order valence-electron chi connectivity index (χ1n) is 6.29. The van der Waals surface area contributed by atoms with Crippen LogP contribution in [0.3, 0.4) is 0 Å². The molecule has 2 aromatic rings. The van der Waals surface area contributed by atoms with Gasteiger partial charge in [0, 0.05) is 5.69 Å². The molecule has 0 fully saturated rings. The van der Waals surface area contributed by atoms with E-state index >= 15 is 0 Å². The van der Waals surface area contributed by atoms with E-state index in [2.05, 4.69) is 12.2 Å². The Balaban J connectivity index is 2.04. The fraction of sp³-hybridized carbons (Fsp3) is 0.188. The average molecular weight is 274 g/mol. The van der Waals surface area contributed by atoms with Crippen LogP contribution in [0.25, 0.3) is 0 Å². The number of hydrogen-bond acceptors (Lipinski definition) is 1. The molecule has 0 radical (unpaired) electrons. The van der Waals surface area contributed by atoms with Crippen LogP contribution < -0.4 is 5.32 Å². The maximum Gasteiger partial charge on any atom is 0.246 e. The Labute approximate surface area is 118 Å². The van der Waals surface area contributed by atoms with Crippen LogP contribution in [-0.4, -0.2) is 5.91 Å². The number of anilines is 1. The summed E-state index contributed by atoms with van der Waals surface area (Å²) >= 11 is 6.15. The third-order valence-corrected chi connectivity index (χ3v) is 3.40. The standard InChI is InChI=1S/C16H16ClNO/c1-2-12-8-10-14(11-9-12)18-16(19)15(17)13-6-4-3-5-7-13/h3-11,15H,2H2,1H3,(H,18,19). The lowest BCUT2D eigenvalue weighted by atomic mass is 10.1. The number of carbonyl (C=O) groups is 1. The fourth-order valence-electron chi connectivity index (χ4n) is 1.80. The molecule has 0 bridgehead atoms. The molecule has 1 amide bonds. The lowest BCUT2D eigenvalue weighted by Crippen LogP contribution is -2.17.